The van der Waals surface area contributed by atoms with E-state index in [-0.39, 0.29) is 0 Å². The zero-order valence-electron chi connectivity index (χ0n) is 9.09. The molecule has 3 heteroatoms. The van der Waals surface area contributed by atoms with Gasteiger partial charge in [-0.3, -0.25) is 0 Å². The summed E-state index contributed by atoms with van der Waals surface area (Å²) in [5, 5.41) is 3.43. The van der Waals surface area contributed by atoms with Crippen LogP contribution in [0.1, 0.15) is 30.9 Å². The molecule has 0 saturated carbocycles. The van der Waals surface area contributed by atoms with E-state index in [0.717, 1.165) is 5.56 Å². The van der Waals surface area contributed by atoms with Gasteiger partial charge in [-0.1, -0.05) is 55.4 Å². The monoisotopic (exact) mass is 201 g/mol. The third kappa shape index (κ3) is 3.88. The minimum absolute atomic E-state index is 0.405. The first-order valence-corrected chi connectivity index (χ1v) is 5.01. The molecule has 0 heterocycles. The highest BCUT2D eigenvalue weighted by atomic mass is 15.1. The van der Waals surface area contributed by atoms with E-state index in [2.05, 4.69) is 48.1 Å². The fourth-order valence-electron chi connectivity index (χ4n) is 1.26. The number of hydrogen-bond acceptors (Lipinski definition) is 1. The highest BCUT2D eigenvalue weighted by Gasteiger charge is 1.96. The predicted molar refractivity (Wildman–Crippen MR) is 63.6 cm³/mol. The lowest BCUT2D eigenvalue weighted by Gasteiger charge is -2.04. The summed E-state index contributed by atoms with van der Waals surface area (Å²) in [5.74, 6) is 0.561. The van der Waals surface area contributed by atoms with Gasteiger partial charge in [0, 0.05) is 11.5 Å². The van der Waals surface area contributed by atoms with Crippen molar-refractivity contribution >= 4 is 6.08 Å². The van der Waals surface area contributed by atoms with E-state index in [1.165, 1.54) is 5.56 Å². The first-order chi connectivity index (χ1) is 7.24. The lowest BCUT2D eigenvalue weighted by atomic mass is 10.0. The Balaban J connectivity index is 2.64. The van der Waals surface area contributed by atoms with E-state index in [1.807, 2.05) is 12.2 Å². The summed E-state index contributed by atoms with van der Waals surface area (Å²) in [6.07, 6.45) is 3.81. The molecule has 0 aliphatic carbocycles. The zero-order chi connectivity index (χ0) is 11.1. The average molecular weight is 201 g/mol. The second-order valence-corrected chi connectivity index (χ2v) is 3.64. The maximum Gasteiger partial charge on any atom is 0.0443 e. The van der Waals surface area contributed by atoms with Crippen molar-refractivity contribution in [2.45, 2.75) is 19.8 Å². The third-order valence-corrected chi connectivity index (χ3v) is 2.16. The molecule has 1 aromatic rings. The Labute approximate surface area is 90.1 Å². The van der Waals surface area contributed by atoms with Crippen molar-refractivity contribution in [2.75, 3.05) is 6.54 Å². The van der Waals surface area contributed by atoms with E-state index in [4.69, 9.17) is 5.53 Å². The standard InChI is InChI=1S/C12H15N3/c1-10(2)12-7-5-11(6-8-12)4-3-9-14-15-13/h3-8,10H,9H2,1-2H3. The lowest BCUT2D eigenvalue weighted by Crippen LogP contribution is -1.85. The molecule has 0 atom stereocenters. The highest BCUT2D eigenvalue weighted by molar-refractivity contribution is 5.50. The largest absolute Gasteiger partial charge is 0.0899 e. The molecule has 15 heavy (non-hydrogen) atoms. The van der Waals surface area contributed by atoms with Gasteiger partial charge < -0.3 is 0 Å². The van der Waals surface area contributed by atoms with Crippen molar-refractivity contribution in [1.29, 1.82) is 0 Å². The summed E-state index contributed by atoms with van der Waals surface area (Å²) in [6, 6.07) is 8.39. The highest BCUT2D eigenvalue weighted by Crippen LogP contribution is 2.15. The number of benzene rings is 1. The molecule has 0 bridgehead atoms. The van der Waals surface area contributed by atoms with E-state index in [0.29, 0.717) is 12.5 Å². The molecule has 0 aliphatic heterocycles. The van der Waals surface area contributed by atoms with Gasteiger partial charge in [-0.15, -0.1) is 0 Å². The van der Waals surface area contributed by atoms with Crippen LogP contribution in [-0.4, -0.2) is 6.54 Å². The average Bonchev–Trinajstić information content (AvgIpc) is 2.25. The van der Waals surface area contributed by atoms with Gasteiger partial charge in [0.2, 0.25) is 0 Å². The van der Waals surface area contributed by atoms with Gasteiger partial charge in [0.25, 0.3) is 0 Å². The summed E-state index contributed by atoms with van der Waals surface area (Å²) in [7, 11) is 0. The van der Waals surface area contributed by atoms with Gasteiger partial charge in [-0.25, -0.2) is 0 Å². The summed E-state index contributed by atoms with van der Waals surface area (Å²) >= 11 is 0. The molecule has 3 nitrogen and oxygen atoms in total. The number of hydrogen-bond donors (Lipinski definition) is 0. The van der Waals surface area contributed by atoms with Crippen molar-refractivity contribution in [3.05, 3.63) is 51.9 Å². The van der Waals surface area contributed by atoms with E-state index >= 15 is 0 Å². The molecule has 78 valence electrons. The molecule has 0 aliphatic rings. The van der Waals surface area contributed by atoms with Crippen LogP contribution in [0, 0.1) is 0 Å². The van der Waals surface area contributed by atoms with Crippen molar-refractivity contribution in [3.8, 4) is 0 Å². The fraction of sp³-hybridized carbons (Fsp3) is 0.333. The molecular weight excluding hydrogens is 186 g/mol. The number of azide groups is 1. The molecule has 1 aromatic carbocycles. The van der Waals surface area contributed by atoms with Crippen LogP contribution < -0.4 is 0 Å². The van der Waals surface area contributed by atoms with Crippen LogP contribution in [-0.2, 0) is 0 Å². The Bertz CT molecular complexity index is 370. The van der Waals surface area contributed by atoms with Crippen LogP contribution in [0.3, 0.4) is 0 Å². The molecule has 0 N–H and O–H groups in total. The smallest absolute Gasteiger partial charge is 0.0443 e. The van der Waals surface area contributed by atoms with Gasteiger partial charge >= 0.3 is 0 Å². The Hall–Kier alpha value is -1.73. The maximum absolute atomic E-state index is 8.09. The van der Waals surface area contributed by atoms with E-state index < -0.39 is 0 Å². The summed E-state index contributed by atoms with van der Waals surface area (Å²) in [4.78, 5) is 2.68. The van der Waals surface area contributed by atoms with Gasteiger partial charge in [-0.2, -0.15) is 0 Å². The predicted octanol–water partition coefficient (Wildman–Crippen LogP) is 4.13. The second-order valence-electron chi connectivity index (χ2n) is 3.64. The molecule has 1 rings (SSSR count). The van der Waals surface area contributed by atoms with Crippen LogP contribution in [0.5, 0.6) is 0 Å². The van der Waals surface area contributed by atoms with Crippen LogP contribution in [0.25, 0.3) is 16.5 Å². The molecular formula is C12H15N3. The van der Waals surface area contributed by atoms with Gasteiger partial charge in [0.05, 0.1) is 0 Å². The molecule has 0 amide bonds. The molecule has 0 saturated heterocycles. The first kappa shape index (κ1) is 11.3. The summed E-state index contributed by atoms with van der Waals surface area (Å²) in [5.41, 5.74) is 10.6. The summed E-state index contributed by atoms with van der Waals surface area (Å²) < 4.78 is 0. The van der Waals surface area contributed by atoms with Crippen LogP contribution >= 0.6 is 0 Å². The third-order valence-electron chi connectivity index (χ3n) is 2.16. The summed E-state index contributed by atoms with van der Waals surface area (Å²) in [6.45, 7) is 4.75. The van der Waals surface area contributed by atoms with Crippen molar-refractivity contribution in [3.63, 3.8) is 0 Å². The minimum Gasteiger partial charge on any atom is -0.0899 e. The molecule has 0 spiro atoms. The van der Waals surface area contributed by atoms with Gasteiger partial charge in [0.15, 0.2) is 0 Å². The maximum atomic E-state index is 8.09. The normalized spacial score (nSPS) is 10.6. The molecule has 0 unspecified atom stereocenters. The molecule has 0 aromatic heterocycles. The van der Waals surface area contributed by atoms with E-state index in [1.54, 1.807) is 0 Å². The van der Waals surface area contributed by atoms with Crippen molar-refractivity contribution in [2.24, 2.45) is 5.11 Å². The Morgan fingerprint density at radius 1 is 1.33 bits per heavy atom. The van der Waals surface area contributed by atoms with Crippen LogP contribution in [0.4, 0.5) is 0 Å². The van der Waals surface area contributed by atoms with Gasteiger partial charge in [-0.05, 0) is 22.6 Å². The zero-order valence-corrected chi connectivity index (χ0v) is 9.09. The fourth-order valence-corrected chi connectivity index (χ4v) is 1.26. The SMILES string of the molecule is CC(C)c1ccc(C=CCN=[N+]=[N-])cc1. The Kier molecular flexibility index (Phi) is 4.45. The Morgan fingerprint density at radius 2 is 2.00 bits per heavy atom. The number of nitrogens with zero attached hydrogens (tertiary/aromatic N) is 3. The van der Waals surface area contributed by atoms with Crippen LogP contribution in [0.2, 0.25) is 0 Å². The second kappa shape index (κ2) is 5.89. The topological polar surface area (TPSA) is 48.8 Å². The minimum atomic E-state index is 0.405. The molecule has 0 radical (unpaired) electrons. The Morgan fingerprint density at radius 3 is 2.53 bits per heavy atom. The number of rotatable bonds is 4. The van der Waals surface area contributed by atoms with E-state index in [9.17, 15) is 0 Å². The van der Waals surface area contributed by atoms with Crippen LogP contribution in [0.15, 0.2) is 35.5 Å². The first-order valence-electron chi connectivity index (χ1n) is 5.01. The van der Waals surface area contributed by atoms with Crippen molar-refractivity contribution < 1.29 is 0 Å². The lowest BCUT2D eigenvalue weighted by molar-refractivity contribution is 0.866. The van der Waals surface area contributed by atoms with Crippen molar-refractivity contribution in [1.82, 2.24) is 0 Å². The van der Waals surface area contributed by atoms with Gasteiger partial charge in [0.1, 0.15) is 0 Å². The quantitative estimate of drug-likeness (QED) is 0.399. The molecule has 0 fully saturated rings.